The van der Waals surface area contributed by atoms with Crippen molar-refractivity contribution in [2.75, 3.05) is 0 Å². The minimum absolute atomic E-state index is 0.425. The molecule has 0 saturated carbocycles. The van der Waals surface area contributed by atoms with Gasteiger partial charge in [0.15, 0.2) is 0 Å². The lowest BCUT2D eigenvalue weighted by atomic mass is 10.2. The molecule has 0 spiro atoms. The van der Waals surface area contributed by atoms with Gasteiger partial charge < -0.3 is 0 Å². The molecule has 1 aromatic rings. The van der Waals surface area contributed by atoms with Crippen molar-refractivity contribution < 1.29 is 9.59 Å². The molecule has 0 aliphatic rings. The molecular weight excluding hydrogens is 168 g/mol. The second-order valence-corrected chi connectivity index (χ2v) is 2.34. The first-order valence-corrected chi connectivity index (χ1v) is 3.72. The fourth-order valence-electron chi connectivity index (χ4n) is 0.821. The average molecular weight is 176 g/mol. The number of carbonyl (C=O) groups is 1. The van der Waals surface area contributed by atoms with Gasteiger partial charge in [-0.3, -0.25) is 9.59 Å². The van der Waals surface area contributed by atoms with E-state index in [0.717, 1.165) is 11.8 Å². The van der Waals surface area contributed by atoms with Crippen molar-refractivity contribution in [3.63, 3.8) is 0 Å². The Morgan fingerprint density at radius 2 is 2.08 bits per heavy atom. The van der Waals surface area contributed by atoms with Gasteiger partial charge >= 0.3 is 5.91 Å². The summed E-state index contributed by atoms with van der Waals surface area (Å²) in [7, 11) is 0. The van der Waals surface area contributed by atoms with Crippen molar-refractivity contribution >= 4 is 12.2 Å². The van der Waals surface area contributed by atoms with Gasteiger partial charge in [0.25, 0.3) is 6.29 Å². The van der Waals surface area contributed by atoms with Crippen LogP contribution in [0.1, 0.15) is 5.56 Å². The first-order valence-electron chi connectivity index (χ1n) is 3.72. The van der Waals surface area contributed by atoms with E-state index < -0.39 is 5.91 Å². The van der Waals surface area contributed by atoms with Gasteiger partial charge in [0.1, 0.15) is 0 Å². The smallest absolute Gasteiger partial charge is 0.279 e. The van der Waals surface area contributed by atoms with E-state index in [4.69, 9.17) is 0 Å². The Hall–Kier alpha value is -1.68. The Bertz CT molecular complexity index is 285. The molecule has 0 atom stereocenters. The normalized spacial score (nSPS) is 9.23. The van der Waals surface area contributed by atoms with Crippen LogP contribution >= 0.6 is 0 Å². The summed E-state index contributed by atoms with van der Waals surface area (Å²) in [5.41, 5.74) is 6.68. The molecule has 4 heteroatoms. The summed E-state index contributed by atoms with van der Waals surface area (Å²) >= 11 is 0. The molecule has 0 bridgehead atoms. The molecule has 0 aliphatic carbocycles. The fourth-order valence-corrected chi connectivity index (χ4v) is 0.821. The minimum atomic E-state index is -0.920. The van der Waals surface area contributed by atoms with Crippen LogP contribution in [0.4, 0.5) is 0 Å². The van der Waals surface area contributed by atoms with Gasteiger partial charge in [0.05, 0.1) is 0 Å². The van der Waals surface area contributed by atoms with E-state index in [1.807, 2.05) is 30.3 Å². The van der Waals surface area contributed by atoms with Gasteiger partial charge in [0, 0.05) is 6.54 Å². The molecule has 0 heterocycles. The summed E-state index contributed by atoms with van der Waals surface area (Å²) in [5.74, 6) is -0.920. The van der Waals surface area contributed by atoms with Crippen molar-refractivity contribution in [1.82, 2.24) is 10.9 Å². The molecule has 1 N–H and O–H groups in total. The standard InChI is InChI=1S/C9H8N2O2/c12-7-9(13)11-10-6-8-4-2-1-3-5-8/h1-5,10H,6H2. The lowest BCUT2D eigenvalue weighted by Crippen LogP contribution is -2.30. The molecule has 4 nitrogen and oxygen atoms in total. The maximum atomic E-state index is 10.3. The monoisotopic (exact) mass is 176 g/mol. The van der Waals surface area contributed by atoms with E-state index in [0.29, 0.717) is 6.54 Å². The van der Waals surface area contributed by atoms with Crippen LogP contribution in [0.3, 0.4) is 0 Å². The summed E-state index contributed by atoms with van der Waals surface area (Å²) in [6.45, 7) is 0.425. The Balaban J connectivity index is 2.28. The molecule has 13 heavy (non-hydrogen) atoms. The van der Waals surface area contributed by atoms with Crippen LogP contribution in [0, 0.1) is 0 Å². The Morgan fingerprint density at radius 3 is 2.69 bits per heavy atom. The van der Waals surface area contributed by atoms with Gasteiger partial charge in [-0.15, -0.1) is 0 Å². The first kappa shape index (κ1) is 9.41. The van der Waals surface area contributed by atoms with Crippen molar-refractivity contribution in [2.24, 2.45) is 0 Å². The molecule has 0 unspecified atom stereocenters. The Morgan fingerprint density at radius 1 is 1.38 bits per heavy atom. The number of benzene rings is 1. The number of rotatable bonds is 4. The van der Waals surface area contributed by atoms with E-state index in [2.05, 4.69) is 10.9 Å². The number of hydrogen-bond acceptors (Lipinski definition) is 3. The van der Waals surface area contributed by atoms with E-state index in [-0.39, 0.29) is 0 Å². The number of nitrogens with zero attached hydrogens (tertiary/aromatic N) is 1. The minimum Gasteiger partial charge on any atom is -0.279 e. The van der Waals surface area contributed by atoms with Gasteiger partial charge in [-0.2, -0.15) is 5.43 Å². The predicted molar refractivity (Wildman–Crippen MR) is 46.1 cm³/mol. The van der Waals surface area contributed by atoms with Crippen molar-refractivity contribution in [2.45, 2.75) is 6.54 Å². The highest BCUT2D eigenvalue weighted by atomic mass is 16.2. The average Bonchev–Trinajstić information content (AvgIpc) is 2.19. The summed E-state index contributed by atoms with van der Waals surface area (Å²) in [5, 5.41) is 0. The second-order valence-electron chi connectivity index (χ2n) is 2.34. The third-order valence-corrected chi connectivity index (χ3v) is 1.39. The van der Waals surface area contributed by atoms with Crippen molar-refractivity contribution in [3.8, 4) is 0 Å². The summed E-state index contributed by atoms with van der Waals surface area (Å²) in [6, 6.07) is 9.43. The van der Waals surface area contributed by atoms with Crippen LogP contribution in [0.2, 0.25) is 0 Å². The second kappa shape index (κ2) is 5.05. The van der Waals surface area contributed by atoms with E-state index >= 15 is 0 Å². The van der Waals surface area contributed by atoms with Gasteiger partial charge in [-0.25, -0.2) is 5.43 Å². The quantitative estimate of drug-likeness (QED) is 0.516. The molecule has 1 aromatic carbocycles. The summed E-state index contributed by atoms with van der Waals surface area (Å²) < 4.78 is 0. The largest absolute Gasteiger partial charge is 0.333 e. The molecule has 1 amide bonds. The van der Waals surface area contributed by atoms with Crippen LogP contribution < -0.4 is 10.9 Å². The molecule has 0 fully saturated rings. The molecule has 66 valence electrons. The van der Waals surface area contributed by atoms with Gasteiger partial charge in [-0.1, -0.05) is 30.3 Å². The van der Waals surface area contributed by atoms with E-state index in [1.54, 1.807) is 0 Å². The summed E-state index contributed by atoms with van der Waals surface area (Å²) in [6.07, 6.45) is 1.13. The molecule has 0 aromatic heterocycles. The molecule has 0 saturated heterocycles. The van der Waals surface area contributed by atoms with Crippen LogP contribution in [0.5, 0.6) is 0 Å². The highest BCUT2D eigenvalue weighted by molar-refractivity contribution is 6.23. The highest BCUT2D eigenvalue weighted by Crippen LogP contribution is 1.95. The predicted octanol–water partition coefficient (Wildman–Crippen LogP) is -0.0681. The van der Waals surface area contributed by atoms with E-state index in [1.165, 1.54) is 0 Å². The number of amides is 1. The summed E-state index contributed by atoms with van der Waals surface area (Å²) in [4.78, 5) is 20.1. The molecule has 2 radical (unpaired) electrons. The fraction of sp³-hybridized carbons (Fsp3) is 0.111. The van der Waals surface area contributed by atoms with E-state index in [9.17, 15) is 9.59 Å². The van der Waals surface area contributed by atoms with Crippen LogP contribution in [-0.4, -0.2) is 12.2 Å². The lowest BCUT2D eigenvalue weighted by Gasteiger charge is -1.99. The third-order valence-electron chi connectivity index (χ3n) is 1.39. The molecule has 0 aliphatic heterocycles. The Labute approximate surface area is 75.9 Å². The third kappa shape index (κ3) is 3.48. The Kier molecular flexibility index (Phi) is 3.66. The zero-order valence-electron chi connectivity index (χ0n) is 6.86. The number of nitrogens with one attached hydrogen (secondary N) is 1. The first-order chi connectivity index (χ1) is 6.33. The van der Waals surface area contributed by atoms with Crippen LogP contribution in [0.25, 0.3) is 0 Å². The maximum absolute atomic E-state index is 10.3. The SMILES string of the molecule is O=[C]C(=O)[N]NCc1ccccc1. The van der Waals surface area contributed by atoms with Gasteiger partial charge in [-0.05, 0) is 5.56 Å². The lowest BCUT2D eigenvalue weighted by molar-refractivity contribution is -0.116. The maximum Gasteiger partial charge on any atom is 0.333 e. The zero-order chi connectivity index (χ0) is 9.52. The van der Waals surface area contributed by atoms with Gasteiger partial charge in [0.2, 0.25) is 0 Å². The highest BCUT2D eigenvalue weighted by Gasteiger charge is 1.99. The number of hydrogen-bond donors (Lipinski definition) is 1. The van der Waals surface area contributed by atoms with Crippen LogP contribution in [0.15, 0.2) is 30.3 Å². The molecule has 1 rings (SSSR count). The zero-order valence-corrected chi connectivity index (χ0v) is 6.86. The molecular formula is C9H8N2O2. The topological polar surface area (TPSA) is 60.3 Å². The van der Waals surface area contributed by atoms with Crippen LogP contribution in [-0.2, 0) is 16.1 Å². The number of carbonyl (C=O) groups excluding carboxylic acids is 2. The van der Waals surface area contributed by atoms with Crippen molar-refractivity contribution in [3.05, 3.63) is 35.9 Å². The van der Waals surface area contributed by atoms with Crippen molar-refractivity contribution in [1.29, 1.82) is 0 Å².